The highest BCUT2D eigenvalue weighted by Crippen LogP contribution is 2.26. The van der Waals surface area contributed by atoms with Crippen molar-refractivity contribution >= 4 is 33.6 Å². The summed E-state index contributed by atoms with van der Waals surface area (Å²) in [5, 5.41) is 4.17. The van der Waals surface area contributed by atoms with Gasteiger partial charge in [-0.1, -0.05) is 49.6 Å². The third kappa shape index (κ3) is 7.18. The molecule has 7 nitrogen and oxygen atoms in total. The maximum absolute atomic E-state index is 12.7. The van der Waals surface area contributed by atoms with Crippen molar-refractivity contribution in [3.63, 3.8) is 0 Å². The van der Waals surface area contributed by atoms with Gasteiger partial charge in [-0.3, -0.25) is 14.3 Å². The molecule has 1 saturated heterocycles. The van der Waals surface area contributed by atoms with E-state index in [9.17, 15) is 18.0 Å². The van der Waals surface area contributed by atoms with Crippen LogP contribution in [-0.4, -0.2) is 44.3 Å². The molecule has 35 heavy (non-hydrogen) atoms. The van der Waals surface area contributed by atoms with Crippen LogP contribution in [0.25, 0.3) is 6.08 Å². The number of sulfonamides is 1. The first kappa shape index (κ1) is 25.0. The maximum atomic E-state index is 12.7. The normalized spacial score (nSPS) is 17.9. The second kappa shape index (κ2) is 11.5. The van der Waals surface area contributed by atoms with Crippen LogP contribution in [0.3, 0.4) is 0 Å². The lowest BCUT2D eigenvalue weighted by atomic mass is 9.87. The highest BCUT2D eigenvalue weighted by Gasteiger charge is 2.29. The van der Waals surface area contributed by atoms with Gasteiger partial charge in [-0.15, -0.1) is 0 Å². The summed E-state index contributed by atoms with van der Waals surface area (Å²) in [4.78, 5) is 27.4. The van der Waals surface area contributed by atoms with Crippen molar-refractivity contribution in [2.75, 3.05) is 17.8 Å². The second-order valence-electron chi connectivity index (χ2n) is 9.35. The Labute approximate surface area is 207 Å². The highest BCUT2D eigenvalue weighted by atomic mass is 32.2. The molecule has 2 aromatic carbocycles. The molecule has 1 aliphatic heterocycles. The average Bonchev–Trinajstić information content (AvgIpc) is 2.89. The van der Waals surface area contributed by atoms with Gasteiger partial charge in [0, 0.05) is 36.3 Å². The standard InChI is InChI=1S/C27H33N3O4S/c31-26(28-24-15-18-30(19-16-24)27(32)23-9-5-2-6-10-23)22-11-13-25(14-12-22)29-35(33,34)20-17-21-7-3-1-4-8-21/h1,3-4,7-8,11-14,17,20,23-24,29H,2,5-6,9-10,15-16,18-19H2,(H,28,31)/b20-17+. The summed E-state index contributed by atoms with van der Waals surface area (Å²) in [6.45, 7) is 1.36. The second-order valence-corrected chi connectivity index (χ2v) is 10.9. The maximum Gasteiger partial charge on any atom is 0.255 e. The zero-order chi connectivity index (χ0) is 24.7. The lowest BCUT2D eigenvalue weighted by Gasteiger charge is -2.35. The van der Waals surface area contributed by atoms with E-state index in [4.69, 9.17) is 0 Å². The zero-order valence-electron chi connectivity index (χ0n) is 19.9. The van der Waals surface area contributed by atoms with Gasteiger partial charge in [0.1, 0.15) is 0 Å². The van der Waals surface area contributed by atoms with Gasteiger partial charge in [-0.2, -0.15) is 0 Å². The summed E-state index contributed by atoms with van der Waals surface area (Å²) in [7, 11) is -3.67. The van der Waals surface area contributed by atoms with Gasteiger partial charge < -0.3 is 10.2 Å². The molecule has 186 valence electrons. The summed E-state index contributed by atoms with van der Waals surface area (Å²) in [6, 6.07) is 15.6. The summed E-state index contributed by atoms with van der Waals surface area (Å²) in [5.74, 6) is 0.270. The van der Waals surface area contributed by atoms with Crippen LogP contribution in [0.15, 0.2) is 60.0 Å². The first-order valence-corrected chi connectivity index (χ1v) is 13.9. The van der Waals surface area contributed by atoms with E-state index in [0.29, 0.717) is 24.3 Å². The molecule has 1 heterocycles. The van der Waals surface area contributed by atoms with Crippen LogP contribution >= 0.6 is 0 Å². The molecule has 0 radical (unpaired) electrons. The zero-order valence-corrected chi connectivity index (χ0v) is 20.7. The predicted octanol–water partition coefficient (Wildman–Crippen LogP) is 4.40. The van der Waals surface area contributed by atoms with Crippen molar-refractivity contribution in [2.24, 2.45) is 5.92 Å². The molecule has 2 aliphatic rings. The average molecular weight is 496 g/mol. The highest BCUT2D eigenvalue weighted by molar-refractivity contribution is 7.95. The van der Waals surface area contributed by atoms with E-state index in [1.54, 1.807) is 24.3 Å². The van der Waals surface area contributed by atoms with Gasteiger partial charge in [0.25, 0.3) is 15.9 Å². The van der Waals surface area contributed by atoms with Crippen LogP contribution in [0, 0.1) is 5.92 Å². The Kier molecular flexibility index (Phi) is 8.23. The predicted molar refractivity (Wildman–Crippen MR) is 138 cm³/mol. The van der Waals surface area contributed by atoms with Crippen molar-refractivity contribution in [3.8, 4) is 0 Å². The topological polar surface area (TPSA) is 95.6 Å². The van der Waals surface area contributed by atoms with Crippen LogP contribution in [0.1, 0.15) is 60.9 Å². The number of piperidine rings is 1. The largest absolute Gasteiger partial charge is 0.349 e. The van der Waals surface area contributed by atoms with Gasteiger partial charge in [0.15, 0.2) is 0 Å². The van der Waals surface area contributed by atoms with Crippen LogP contribution in [0.2, 0.25) is 0 Å². The number of carbonyl (C=O) groups is 2. The van der Waals surface area contributed by atoms with Crippen LogP contribution in [-0.2, 0) is 14.8 Å². The molecule has 1 saturated carbocycles. The number of benzene rings is 2. The van der Waals surface area contributed by atoms with E-state index in [0.717, 1.165) is 49.5 Å². The molecule has 2 N–H and O–H groups in total. The van der Waals surface area contributed by atoms with E-state index in [2.05, 4.69) is 10.0 Å². The Balaban J connectivity index is 1.25. The number of anilines is 1. The molecule has 1 aliphatic carbocycles. The molecule has 2 aromatic rings. The van der Waals surface area contributed by atoms with Gasteiger partial charge in [-0.05, 0) is 61.6 Å². The molecule has 0 atom stereocenters. The number of nitrogens with one attached hydrogen (secondary N) is 2. The molecular weight excluding hydrogens is 462 g/mol. The molecular formula is C27H33N3O4S. The molecule has 0 aromatic heterocycles. The SMILES string of the molecule is O=C(NC1CCN(C(=O)C2CCCCC2)CC1)c1ccc(NS(=O)(=O)/C=C/c2ccccc2)cc1. The quantitative estimate of drug-likeness (QED) is 0.595. The number of likely N-dealkylation sites (tertiary alicyclic amines) is 1. The number of rotatable bonds is 7. The third-order valence-electron chi connectivity index (χ3n) is 6.74. The van der Waals surface area contributed by atoms with E-state index in [1.165, 1.54) is 12.5 Å². The van der Waals surface area contributed by atoms with Crippen LogP contribution in [0.4, 0.5) is 5.69 Å². The molecule has 8 heteroatoms. The fourth-order valence-electron chi connectivity index (χ4n) is 4.74. The van der Waals surface area contributed by atoms with Gasteiger partial charge in [0.05, 0.1) is 5.41 Å². The number of amides is 2. The summed E-state index contributed by atoms with van der Waals surface area (Å²) < 4.78 is 27.1. The lowest BCUT2D eigenvalue weighted by Crippen LogP contribution is -2.48. The Morgan fingerprint density at radius 3 is 2.17 bits per heavy atom. The minimum Gasteiger partial charge on any atom is -0.349 e. The first-order chi connectivity index (χ1) is 16.9. The van der Waals surface area contributed by atoms with E-state index < -0.39 is 10.0 Å². The van der Waals surface area contributed by atoms with Crippen molar-refractivity contribution < 1.29 is 18.0 Å². The van der Waals surface area contributed by atoms with Crippen molar-refractivity contribution in [3.05, 3.63) is 71.1 Å². The fourth-order valence-corrected chi connectivity index (χ4v) is 5.61. The number of carbonyl (C=O) groups excluding carboxylic acids is 2. The van der Waals surface area contributed by atoms with Gasteiger partial charge >= 0.3 is 0 Å². The van der Waals surface area contributed by atoms with Crippen molar-refractivity contribution in [1.82, 2.24) is 10.2 Å². The number of hydrogen-bond acceptors (Lipinski definition) is 4. The van der Waals surface area contributed by atoms with Crippen molar-refractivity contribution in [1.29, 1.82) is 0 Å². The van der Waals surface area contributed by atoms with E-state index in [-0.39, 0.29) is 23.8 Å². The minimum atomic E-state index is -3.67. The molecule has 4 rings (SSSR count). The van der Waals surface area contributed by atoms with E-state index >= 15 is 0 Å². The molecule has 0 unspecified atom stereocenters. The Bertz CT molecular complexity index is 1130. The van der Waals surface area contributed by atoms with E-state index in [1.807, 2.05) is 35.2 Å². The molecule has 0 spiro atoms. The summed E-state index contributed by atoms with van der Waals surface area (Å²) >= 11 is 0. The molecule has 2 fully saturated rings. The van der Waals surface area contributed by atoms with Crippen LogP contribution < -0.4 is 10.0 Å². The Morgan fingerprint density at radius 2 is 1.51 bits per heavy atom. The van der Waals surface area contributed by atoms with Gasteiger partial charge in [-0.25, -0.2) is 8.42 Å². The lowest BCUT2D eigenvalue weighted by molar-refractivity contribution is -0.137. The van der Waals surface area contributed by atoms with Crippen LogP contribution in [0.5, 0.6) is 0 Å². The monoisotopic (exact) mass is 495 g/mol. The number of nitrogens with zero attached hydrogens (tertiary/aromatic N) is 1. The summed E-state index contributed by atoms with van der Waals surface area (Å²) in [5.41, 5.74) is 1.64. The van der Waals surface area contributed by atoms with Crippen molar-refractivity contribution in [2.45, 2.75) is 51.0 Å². The summed E-state index contributed by atoms with van der Waals surface area (Å²) in [6.07, 6.45) is 8.55. The minimum absolute atomic E-state index is 0.0270. The Hall–Kier alpha value is -3.13. The molecule has 2 amide bonds. The molecule has 0 bridgehead atoms. The smallest absolute Gasteiger partial charge is 0.255 e. The Morgan fingerprint density at radius 1 is 0.857 bits per heavy atom. The third-order valence-corrected chi connectivity index (χ3v) is 7.76. The first-order valence-electron chi connectivity index (χ1n) is 12.4. The fraction of sp³-hybridized carbons (Fsp3) is 0.407. The number of hydrogen-bond donors (Lipinski definition) is 2. The van der Waals surface area contributed by atoms with Gasteiger partial charge in [0.2, 0.25) is 5.91 Å².